The third-order valence-corrected chi connectivity index (χ3v) is 3.95. The normalized spacial score (nSPS) is 14.8. The minimum Gasteiger partial charge on any atom is -0.310 e. The van der Waals surface area contributed by atoms with Crippen LogP contribution in [-0.4, -0.2) is 15.8 Å². The Bertz CT molecular complexity index is 416. The maximum atomic E-state index is 4.68. The zero-order valence-corrected chi connectivity index (χ0v) is 12.4. The van der Waals surface area contributed by atoms with Gasteiger partial charge in [-0.2, -0.15) is 5.10 Å². The highest BCUT2D eigenvalue weighted by molar-refractivity contribution is 5.24. The highest BCUT2D eigenvalue weighted by Crippen LogP contribution is 2.21. The van der Waals surface area contributed by atoms with Gasteiger partial charge in [-0.25, -0.2) is 0 Å². The molecular formula is C16H27N3. The van der Waals surface area contributed by atoms with Gasteiger partial charge in [0.05, 0.1) is 5.69 Å². The number of allylic oxidation sites excluding steroid dienone is 1. The summed E-state index contributed by atoms with van der Waals surface area (Å²) in [7, 11) is 0. The fourth-order valence-electron chi connectivity index (χ4n) is 2.47. The number of aromatic nitrogens is 2. The van der Waals surface area contributed by atoms with Crippen LogP contribution in [0.2, 0.25) is 0 Å². The maximum Gasteiger partial charge on any atom is 0.0641 e. The van der Waals surface area contributed by atoms with E-state index in [2.05, 4.69) is 35.5 Å². The van der Waals surface area contributed by atoms with Crippen LogP contribution in [0.25, 0.3) is 0 Å². The first kappa shape index (κ1) is 14.3. The van der Waals surface area contributed by atoms with Crippen molar-refractivity contribution in [2.45, 2.75) is 71.5 Å². The zero-order chi connectivity index (χ0) is 13.7. The molecule has 3 nitrogen and oxygen atoms in total. The third kappa shape index (κ3) is 4.20. The molecule has 0 atom stereocenters. The van der Waals surface area contributed by atoms with E-state index in [-0.39, 0.29) is 0 Å². The Hall–Kier alpha value is -1.09. The maximum absolute atomic E-state index is 4.68. The van der Waals surface area contributed by atoms with Crippen LogP contribution >= 0.6 is 0 Å². The van der Waals surface area contributed by atoms with Gasteiger partial charge in [0.25, 0.3) is 0 Å². The molecule has 2 rings (SSSR count). The van der Waals surface area contributed by atoms with E-state index in [4.69, 9.17) is 0 Å². The number of aryl methyl sites for hydroxylation is 2. The Labute approximate surface area is 117 Å². The van der Waals surface area contributed by atoms with Crippen LogP contribution < -0.4 is 5.32 Å². The van der Waals surface area contributed by atoms with Crippen molar-refractivity contribution in [3.8, 4) is 0 Å². The molecule has 0 radical (unpaired) electrons. The standard InChI is InChI=1S/C16H27N3/c1-4-5-6-7-8-11-19-14(3)16(13(2)18-19)12-17-15-9-10-15/h4,15,17H,1,5-12H2,2-3H3. The lowest BCUT2D eigenvalue weighted by Crippen LogP contribution is -2.16. The highest BCUT2D eigenvalue weighted by atomic mass is 15.3. The largest absolute Gasteiger partial charge is 0.310 e. The van der Waals surface area contributed by atoms with Crippen molar-refractivity contribution in [1.29, 1.82) is 0 Å². The summed E-state index contributed by atoms with van der Waals surface area (Å²) in [4.78, 5) is 0. The Morgan fingerprint density at radius 1 is 1.32 bits per heavy atom. The molecule has 0 bridgehead atoms. The van der Waals surface area contributed by atoms with Crippen molar-refractivity contribution in [3.63, 3.8) is 0 Å². The molecule has 1 aliphatic carbocycles. The summed E-state index contributed by atoms with van der Waals surface area (Å²) in [6, 6.07) is 0.765. The van der Waals surface area contributed by atoms with E-state index in [1.54, 1.807) is 0 Å². The second-order valence-corrected chi connectivity index (χ2v) is 5.67. The number of hydrogen-bond acceptors (Lipinski definition) is 2. The lowest BCUT2D eigenvalue weighted by Gasteiger charge is -2.06. The molecule has 106 valence electrons. The van der Waals surface area contributed by atoms with Gasteiger partial charge in [-0.1, -0.05) is 12.5 Å². The SMILES string of the molecule is C=CCCCCCn1nc(C)c(CNC2CC2)c1C. The molecule has 1 aliphatic rings. The molecule has 1 saturated carbocycles. The third-order valence-electron chi connectivity index (χ3n) is 3.95. The number of nitrogens with zero attached hydrogens (tertiary/aromatic N) is 2. The molecule has 0 aromatic carbocycles. The molecule has 1 N–H and O–H groups in total. The molecule has 0 unspecified atom stereocenters. The van der Waals surface area contributed by atoms with Gasteiger partial charge in [0, 0.05) is 30.4 Å². The molecule has 19 heavy (non-hydrogen) atoms. The minimum atomic E-state index is 0.765. The summed E-state index contributed by atoms with van der Waals surface area (Å²) < 4.78 is 2.19. The Morgan fingerprint density at radius 3 is 2.79 bits per heavy atom. The average Bonchev–Trinajstić information content (AvgIpc) is 3.17. The minimum absolute atomic E-state index is 0.765. The van der Waals surface area contributed by atoms with E-state index in [0.717, 1.165) is 25.6 Å². The smallest absolute Gasteiger partial charge is 0.0641 e. The van der Waals surface area contributed by atoms with Gasteiger partial charge in [0.1, 0.15) is 0 Å². The first-order valence-corrected chi connectivity index (χ1v) is 7.59. The average molecular weight is 261 g/mol. The molecule has 0 amide bonds. The van der Waals surface area contributed by atoms with Crippen molar-refractivity contribution in [2.75, 3.05) is 0 Å². The van der Waals surface area contributed by atoms with Crippen LogP contribution in [0.5, 0.6) is 0 Å². The summed E-state index contributed by atoms with van der Waals surface area (Å²) in [6.07, 6.45) is 9.55. The number of hydrogen-bond donors (Lipinski definition) is 1. The molecule has 1 heterocycles. The fourth-order valence-corrected chi connectivity index (χ4v) is 2.47. The van der Waals surface area contributed by atoms with Crippen LogP contribution in [0.3, 0.4) is 0 Å². The molecular weight excluding hydrogens is 234 g/mol. The molecule has 1 aromatic heterocycles. The monoisotopic (exact) mass is 261 g/mol. The summed E-state index contributed by atoms with van der Waals surface area (Å²) in [5, 5.41) is 8.27. The van der Waals surface area contributed by atoms with Crippen molar-refractivity contribution in [2.24, 2.45) is 0 Å². The second kappa shape index (κ2) is 6.90. The van der Waals surface area contributed by atoms with E-state index in [0.29, 0.717) is 0 Å². The van der Waals surface area contributed by atoms with Crippen LogP contribution in [-0.2, 0) is 13.1 Å². The van der Waals surface area contributed by atoms with Crippen LogP contribution in [0.15, 0.2) is 12.7 Å². The van der Waals surface area contributed by atoms with Crippen molar-refractivity contribution in [1.82, 2.24) is 15.1 Å². The predicted octanol–water partition coefficient (Wildman–Crippen LogP) is 3.50. The van der Waals surface area contributed by atoms with Gasteiger partial charge in [-0.3, -0.25) is 4.68 Å². The Morgan fingerprint density at radius 2 is 2.11 bits per heavy atom. The molecule has 0 aliphatic heterocycles. The Kier molecular flexibility index (Phi) is 5.20. The molecule has 1 fully saturated rings. The summed E-state index contributed by atoms with van der Waals surface area (Å²) in [6.45, 7) is 10.1. The van der Waals surface area contributed by atoms with Crippen molar-refractivity contribution in [3.05, 3.63) is 29.6 Å². The predicted molar refractivity (Wildman–Crippen MR) is 80.2 cm³/mol. The van der Waals surface area contributed by atoms with Crippen LogP contribution in [0, 0.1) is 13.8 Å². The van der Waals surface area contributed by atoms with Gasteiger partial charge >= 0.3 is 0 Å². The number of nitrogens with one attached hydrogen (secondary N) is 1. The molecule has 3 heteroatoms. The Balaban J connectivity index is 1.82. The number of unbranched alkanes of at least 4 members (excludes halogenated alkanes) is 3. The van der Waals surface area contributed by atoms with E-state index in [9.17, 15) is 0 Å². The molecule has 0 spiro atoms. The van der Waals surface area contributed by atoms with Gasteiger partial charge in [0.15, 0.2) is 0 Å². The number of rotatable bonds is 9. The van der Waals surface area contributed by atoms with Crippen molar-refractivity contribution < 1.29 is 0 Å². The fraction of sp³-hybridized carbons (Fsp3) is 0.688. The first-order chi connectivity index (χ1) is 9.22. The van der Waals surface area contributed by atoms with Gasteiger partial charge in [-0.05, 0) is 46.0 Å². The summed E-state index contributed by atoms with van der Waals surface area (Å²) in [5.41, 5.74) is 3.93. The molecule has 1 aromatic rings. The quantitative estimate of drug-likeness (QED) is 0.544. The van der Waals surface area contributed by atoms with Gasteiger partial charge in [0.2, 0.25) is 0 Å². The zero-order valence-electron chi connectivity index (χ0n) is 12.4. The first-order valence-electron chi connectivity index (χ1n) is 7.59. The topological polar surface area (TPSA) is 29.9 Å². The van der Waals surface area contributed by atoms with Crippen molar-refractivity contribution >= 4 is 0 Å². The summed E-state index contributed by atoms with van der Waals surface area (Å²) >= 11 is 0. The van der Waals surface area contributed by atoms with Crippen LogP contribution in [0.1, 0.15) is 55.5 Å². The van der Waals surface area contributed by atoms with E-state index in [1.165, 1.54) is 49.1 Å². The van der Waals surface area contributed by atoms with Gasteiger partial charge in [-0.15, -0.1) is 6.58 Å². The lowest BCUT2D eigenvalue weighted by atomic mass is 10.2. The van der Waals surface area contributed by atoms with Crippen LogP contribution in [0.4, 0.5) is 0 Å². The van der Waals surface area contributed by atoms with Gasteiger partial charge < -0.3 is 5.32 Å². The van der Waals surface area contributed by atoms with E-state index in [1.807, 2.05) is 6.08 Å². The second-order valence-electron chi connectivity index (χ2n) is 5.67. The summed E-state index contributed by atoms with van der Waals surface area (Å²) in [5.74, 6) is 0. The van der Waals surface area contributed by atoms with E-state index < -0.39 is 0 Å². The molecule has 0 saturated heterocycles. The highest BCUT2D eigenvalue weighted by Gasteiger charge is 2.21. The lowest BCUT2D eigenvalue weighted by molar-refractivity contribution is 0.532. The van der Waals surface area contributed by atoms with E-state index >= 15 is 0 Å².